The second kappa shape index (κ2) is 8.18. The van der Waals surface area contributed by atoms with Gasteiger partial charge in [-0.3, -0.25) is 9.48 Å². The molecule has 10 heteroatoms. The van der Waals surface area contributed by atoms with Crippen LogP contribution in [0.4, 0.5) is 10.3 Å². The zero-order valence-corrected chi connectivity index (χ0v) is 19.3. The van der Waals surface area contributed by atoms with Crippen LogP contribution in [0.25, 0.3) is 22.2 Å². The Morgan fingerprint density at radius 2 is 2.09 bits per heavy atom. The number of hydrogen-bond acceptors (Lipinski definition) is 6. The summed E-state index contributed by atoms with van der Waals surface area (Å²) in [6, 6.07) is 6.42. The first kappa shape index (κ1) is 21.2. The standard InChI is InChI=1S/C24H22ClFN6O2/c1-30-12-14(11-27-30)20-13-31(7-8-34-20)24-28-21(17-5-4-15(25)9-19(17)26)18-10-16-3-2-6-32(16)23(33)22(18)29-24/h4-5,9-12,20H,2-3,6-8,13H2,1H3/t20-/m1/s1. The number of pyridine rings is 1. The Morgan fingerprint density at radius 3 is 2.88 bits per heavy atom. The highest BCUT2D eigenvalue weighted by atomic mass is 35.5. The topological polar surface area (TPSA) is 78.1 Å². The molecule has 1 aromatic carbocycles. The molecule has 1 atom stereocenters. The molecular formula is C24H22ClFN6O2. The van der Waals surface area contributed by atoms with Gasteiger partial charge in [0.2, 0.25) is 5.95 Å². The van der Waals surface area contributed by atoms with Crippen LogP contribution in [-0.4, -0.2) is 44.0 Å². The molecule has 0 saturated carbocycles. The molecule has 6 rings (SSSR count). The second-order valence-corrected chi connectivity index (χ2v) is 9.14. The molecule has 1 fully saturated rings. The van der Waals surface area contributed by atoms with Crippen molar-refractivity contribution in [1.82, 2.24) is 24.3 Å². The van der Waals surface area contributed by atoms with E-state index in [-0.39, 0.29) is 17.2 Å². The number of hydrogen-bond donors (Lipinski definition) is 0. The van der Waals surface area contributed by atoms with Gasteiger partial charge in [0.1, 0.15) is 17.4 Å². The Balaban J connectivity index is 1.52. The number of benzene rings is 1. The first-order chi connectivity index (χ1) is 16.5. The van der Waals surface area contributed by atoms with Crippen molar-refractivity contribution < 1.29 is 9.13 Å². The molecule has 1 saturated heterocycles. The third kappa shape index (κ3) is 3.56. The van der Waals surface area contributed by atoms with E-state index >= 15 is 4.39 Å². The van der Waals surface area contributed by atoms with Crippen molar-refractivity contribution in [2.45, 2.75) is 25.5 Å². The molecule has 0 amide bonds. The van der Waals surface area contributed by atoms with Crippen LogP contribution in [0, 0.1) is 5.82 Å². The fraction of sp³-hybridized carbons (Fsp3) is 0.333. The van der Waals surface area contributed by atoms with Gasteiger partial charge >= 0.3 is 0 Å². The van der Waals surface area contributed by atoms with Gasteiger partial charge in [0.15, 0.2) is 0 Å². The van der Waals surface area contributed by atoms with Crippen LogP contribution >= 0.6 is 11.6 Å². The van der Waals surface area contributed by atoms with E-state index in [4.69, 9.17) is 26.3 Å². The van der Waals surface area contributed by atoms with Crippen LogP contribution < -0.4 is 10.5 Å². The molecule has 0 N–H and O–H groups in total. The smallest absolute Gasteiger partial charge is 0.277 e. The largest absolute Gasteiger partial charge is 0.370 e. The molecule has 5 heterocycles. The molecule has 0 aliphatic carbocycles. The van der Waals surface area contributed by atoms with Gasteiger partial charge < -0.3 is 14.2 Å². The minimum absolute atomic E-state index is 0.165. The summed E-state index contributed by atoms with van der Waals surface area (Å²) in [4.78, 5) is 24.8. The SMILES string of the molecule is Cn1cc([C@H]2CN(c3nc(-c4ccc(Cl)cc4F)c4cc5n(c(=O)c4n3)CCC5)CCO2)cn1. The summed E-state index contributed by atoms with van der Waals surface area (Å²) in [6.45, 7) is 2.17. The Morgan fingerprint density at radius 1 is 1.21 bits per heavy atom. The van der Waals surface area contributed by atoms with Crippen LogP contribution in [-0.2, 0) is 24.8 Å². The zero-order chi connectivity index (χ0) is 23.4. The van der Waals surface area contributed by atoms with E-state index in [2.05, 4.69) is 5.10 Å². The third-order valence-electron chi connectivity index (χ3n) is 6.49. The van der Waals surface area contributed by atoms with E-state index in [0.29, 0.717) is 53.8 Å². The number of nitrogens with zero attached hydrogens (tertiary/aromatic N) is 6. The number of halogens is 2. The summed E-state index contributed by atoms with van der Waals surface area (Å²) >= 11 is 6.00. The van der Waals surface area contributed by atoms with Crippen LogP contribution in [0.3, 0.4) is 0 Å². The van der Waals surface area contributed by atoms with Crippen LogP contribution in [0.2, 0.25) is 5.02 Å². The van der Waals surface area contributed by atoms with E-state index in [9.17, 15) is 4.79 Å². The minimum atomic E-state index is -0.491. The fourth-order valence-electron chi connectivity index (χ4n) is 4.80. The average Bonchev–Trinajstić information content (AvgIpc) is 3.48. The minimum Gasteiger partial charge on any atom is -0.370 e. The molecular weight excluding hydrogens is 459 g/mol. The first-order valence-corrected chi connectivity index (χ1v) is 11.6. The molecule has 0 spiro atoms. The van der Waals surface area contributed by atoms with Crippen LogP contribution in [0.15, 0.2) is 41.5 Å². The summed E-state index contributed by atoms with van der Waals surface area (Å²) in [6.07, 6.45) is 5.18. The van der Waals surface area contributed by atoms with Gasteiger partial charge in [-0.1, -0.05) is 11.6 Å². The lowest BCUT2D eigenvalue weighted by atomic mass is 10.1. The van der Waals surface area contributed by atoms with Gasteiger partial charge in [-0.25, -0.2) is 14.4 Å². The van der Waals surface area contributed by atoms with Crippen molar-refractivity contribution in [2.75, 3.05) is 24.6 Å². The van der Waals surface area contributed by atoms with E-state index in [1.807, 2.05) is 24.2 Å². The van der Waals surface area contributed by atoms with E-state index in [0.717, 1.165) is 24.1 Å². The molecule has 0 bridgehead atoms. The van der Waals surface area contributed by atoms with E-state index < -0.39 is 5.82 Å². The van der Waals surface area contributed by atoms with Gasteiger partial charge in [-0.05, 0) is 37.1 Å². The number of aromatic nitrogens is 5. The highest BCUT2D eigenvalue weighted by Gasteiger charge is 2.27. The number of anilines is 1. The van der Waals surface area contributed by atoms with Crippen LogP contribution in [0.1, 0.15) is 23.8 Å². The van der Waals surface area contributed by atoms with E-state index in [1.165, 1.54) is 6.07 Å². The number of aryl methyl sites for hydroxylation is 2. The maximum atomic E-state index is 15.0. The average molecular weight is 481 g/mol. The van der Waals surface area contributed by atoms with Gasteiger partial charge in [-0.15, -0.1) is 0 Å². The third-order valence-corrected chi connectivity index (χ3v) is 6.72. The Bertz CT molecular complexity index is 1480. The Hall–Kier alpha value is -3.30. The van der Waals surface area contributed by atoms with Gasteiger partial charge in [-0.2, -0.15) is 5.10 Å². The molecule has 4 aromatic rings. The van der Waals surface area contributed by atoms with Crippen LogP contribution in [0.5, 0.6) is 0 Å². The summed E-state index contributed by atoms with van der Waals surface area (Å²) < 4.78 is 24.5. The lowest BCUT2D eigenvalue weighted by Crippen LogP contribution is -2.39. The predicted molar refractivity (Wildman–Crippen MR) is 127 cm³/mol. The van der Waals surface area contributed by atoms with Crippen molar-refractivity contribution in [1.29, 1.82) is 0 Å². The summed E-state index contributed by atoms with van der Waals surface area (Å²) in [5.41, 5.74) is 2.69. The van der Waals surface area contributed by atoms with Crippen molar-refractivity contribution in [3.05, 3.63) is 69.1 Å². The molecule has 0 unspecified atom stereocenters. The van der Waals surface area contributed by atoms with E-state index in [1.54, 1.807) is 27.6 Å². The Labute approximate surface area is 199 Å². The lowest BCUT2D eigenvalue weighted by Gasteiger charge is -2.32. The van der Waals surface area contributed by atoms with Crippen molar-refractivity contribution in [2.24, 2.45) is 7.05 Å². The number of fused-ring (bicyclic) bond motifs is 2. The fourth-order valence-corrected chi connectivity index (χ4v) is 4.96. The summed E-state index contributed by atoms with van der Waals surface area (Å²) in [7, 11) is 1.86. The summed E-state index contributed by atoms with van der Waals surface area (Å²) in [5, 5.41) is 5.09. The molecule has 8 nitrogen and oxygen atoms in total. The molecule has 2 aliphatic heterocycles. The highest BCUT2D eigenvalue weighted by molar-refractivity contribution is 6.30. The summed E-state index contributed by atoms with van der Waals surface area (Å²) in [5.74, 6) is -0.112. The lowest BCUT2D eigenvalue weighted by molar-refractivity contribution is 0.0392. The molecule has 34 heavy (non-hydrogen) atoms. The normalized spacial score (nSPS) is 18.0. The monoisotopic (exact) mass is 480 g/mol. The molecule has 0 radical (unpaired) electrons. The zero-order valence-electron chi connectivity index (χ0n) is 18.5. The van der Waals surface area contributed by atoms with Gasteiger partial charge in [0.05, 0.1) is 25.0 Å². The quantitative estimate of drug-likeness (QED) is 0.446. The molecule has 174 valence electrons. The number of rotatable bonds is 3. The molecule has 3 aromatic heterocycles. The van der Waals surface area contributed by atoms with Crippen molar-refractivity contribution >= 4 is 28.5 Å². The van der Waals surface area contributed by atoms with Crippen molar-refractivity contribution in [3.8, 4) is 11.3 Å². The first-order valence-electron chi connectivity index (χ1n) is 11.2. The molecule has 2 aliphatic rings. The number of ether oxygens (including phenoxy) is 1. The van der Waals surface area contributed by atoms with Gasteiger partial charge in [0.25, 0.3) is 5.56 Å². The number of morpholine rings is 1. The van der Waals surface area contributed by atoms with Crippen molar-refractivity contribution in [3.63, 3.8) is 0 Å². The van der Waals surface area contributed by atoms with Gasteiger partial charge in [0, 0.05) is 53.6 Å². The highest BCUT2D eigenvalue weighted by Crippen LogP contribution is 2.33. The Kier molecular flexibility index (Phi) is 5.11. The second-order valence-electron chi connectivity index (χ2n) is 8.71. The predicted octanol–water partition coefficient (Wildman–Crippen LogP) is 3.51. The maximum absolute atomic E-state index is 15.0. The maximum Gasteiger partial charge on any atom is 0.277 e.